The lowest BCUT2D eigenvalue weighted by Crippen LogP contribution is -2.52. The Morgan fingerprint density at radius 3 is 2.54 bits per heavy atom. The van der Waals surface area contributed by atoms with Gasteiger partial charge in [-0.2, -0.15) is 22.4 Å². The molecule has 10 heteroatoms. The number of morpholine rings is 1. The van der Waals surface area contributed by atoms with Gasteiger partial charge in [0.05, 0.1) is 13.2 Å². The second kappa shape index (κ2) is 6.95. The van der Waals surface area contributed by atoms with E-state index in [-0.39, 0.29) is 12.0 Å². The van der Waals surface area contributed by atoms with Crippen molar-refractivity contribution in [1.29, 1.82) is 0 Å². The van der Waals surface area contributed by atoms with Crippen molar-refractivity contribution in [1.82, 2.24) is 19.2 Å². The Balaban J connectivity index is 1.72. The van der Waals surface area contributed by atoms with Gasteiger partial charge in [-0.25, -0.2) is 0 Å². The number of aryl methyl sites for hydroxylation is 1. The quantitative estimate of drug-likeness (QED) is 0.790. The number of hydrogen-bond acceptors (Lipinski definition) is 7. The third-order valence-corrected chi connectivity index (χ3v) is 6.28. The van der Waals surface area contributed by atoms with Crippen LogP contribution in [0.3, 0.4) is 0 Å². The number of nitrogens with zero attached hydrogens (tertiary/aromatic N) is 4. The van der Waals surface area contributed by atoms with Crippen LogP contribution in [0.4, 0.5) is 5.95 Å². The van der Waals surface area contributed by atoms with Gasteiger partial charge in [-0.05, 0) is 17.0 Å². The summed E-state index contributed by atoms with van der Waals surface area (Å²) < 4.78 is 39.9. The standard InChI is InChI=1S/C14H25N5O4S/c1-10(2)12-8-18(14-15-11(3)23-16-14)9-13(12)17-24(20,21)19-4-6-22-7-5-19/h10,12-13,17H,4-9H2,1-3H3/t12-,13+/m0/s1. The third kappa shape index (κ3) is 3.71. The first-order chi connectivity index (χ1) is 11.4. The van der Waals surface area contributed by atoms with E-state index in [1.165, 1.54) is 4.31 Å². The predicted octanol–water partition coefficient (Wildman–Crippen LogP) is 0.00542. The van der Waals surface area contributed by atoms with Crippen LogP contribution in [0.15, 0.2) is 4.52 Å². The van der Waals surface area contributed by atoms with Crippen molar-refractivity contribution >= 4 is 16.2 Å². The molecule has 2 aliphatic heterocycles. The van der Waals surface area contributed by atoms with Gasteiger partial charge in [0.1, 0.15) is 0 Å². The molecule has 0 bridgehead atoms. The molecular formula is C14H25N5O4S. The first kappa shape index (κ1) is 17.6. The van der Waals surface area contributed by atoms with E-state index in [1.807, 2.05) is 4.90 Å². The highest BCUT2D eigenvalue weighted by Crippen LogP contribution is 2.28. The van der Waals surface area contributed by atoms with Crippen molar-refractivity contribution in [3.05, 3.63) is 5.89 Å². The number of ether oxygens (including phenoxy) is 1. The summed E-state index contributed by atoms with van der Waals surface area (Å²) >= 11 is 0. The van der Waals surface area contributed by atoms with E-state index < -0.39 is 10.2 Å². The second-order valence-corrected chi connectivity index (χ2v) is 8.37. The topological polar surface area (TPSA) is 101 Å². The molecule has 2 saturated heterocycles. The zero-order valence-corrected chi connectivity index (χ0v) is 15.1. The van der Waals surface area contributed by atoms with Crippen LogP contribution in [0, 0.1) is 18.8 Å². The number of rotatable bonds is 5. The number of anilines is 1. The Labute approximate surface area is 142 Å². The van der Waals surface area contributed by atoms with Crippen molar-refractivity contribution in [2.45, 2.75) is 26.8 Å². The Hall–Kier alpha value is -1.23. The third-order valence-electron chi connectivity index (χ3n) is 4.63. The minimum absolute atomic E-state index is 0.180. The lowest BCUT2D eigenvalue weighted by Gasteiger charge is -2.29. The van der Waals surface area contributed by atoms with Crippen LogP contribution in [-0.4, -0.2) is 68.3 Å². The number of aromatic nitrogens is 2. The fourth-order valence-electron chi connectivity index (χ4n) is 3.26. The molecule has 2 fully saturated rings. The fraction of sp³-hybridized carbons (Fsp3) is 0.857. The molecule has 2 aliphatic rings. The summed E-state index contributed by atoms with van der Waals surface area (Å²) in [5, 5.41) is 3.95. The van der Waals surface area contributed by atoms with Gasteiger partial charge in [-0.1, -0.05) is 13.8 Å². The predicted molar refractivity (Wildman–Crippen MR) is 87.8 cm³/mol. The van der Waals surface area contributed by atoms with E-state index in [0.29, 0.717) is 57.1 Å². The van der Waals surface area contributed by atoms with Crippen molar-refractivity contribution in [2.24, 2.45) is 11.8 Å². The Kier molecular flexibility index (Phi) is 5.09. The van der Waals surface area contributed by atoms with Gasteiger partial charge in [0.25, 0.3) is 16.2 Å². The summed E-state index contributed by atoms with van der Waals surface area (Å²) in [7, 11) is -3.52. The molecule has 9 nitrogen and oxygen atoms in total. The summed E-state index contributed by atoms with van der Waals surface area (Å²) in [6, 6.07) is -0.184. The highest BCUT2D eigenvalue weighted by atomic mass is 32.2. The smallest absolute Gasteiger partial charge is 0.279 e. The molecule has 0 radical (unpaired) electrons. The van der Waals surface area contributed by atoms with Crippen LogP contribution in [0.2, 0.25) is 0 Å². The zero-order valence-electron chi connectivity index (χ0n) is 14.3. The van der Waals surface area contributed by atoms with E-state index in [2.05, 4.69) is 28.7 Å². The van der Waals surface area contributed by atoms with Crippen LogP contribution >= 0.6 is 0 Å². The van der Waals surface area contributed by atoms with Gasteiger partial charge >= 0.3 is 0 Å². The van der Waals surface area contributed by atoms with Gasteiger partial charge in [0.2, 0.25) is 5.89 Å². The van der Waals surface area contributed by atoms with Crippen molar-refractivity contribution in [2.75, 3.05) is 44.3 Å². The number of hydrogen-bond donors (Lipinski definition) is 1. The van der Waals surface area contributed by atoms with Crippen molar-refractivity contribution < 1.29 is 17.7 Å². The molecule has 0 amide bonds. The maximum atomic E-state index is 12.6. The Morgan fingerprint density at radius 2 is 1.96 bits per heavy atom. The molecule has 3 heterocycles. The minimum Gasteiger partial charge on any atom is -0.379 e. The lowest BCUT2D eigenvalue weighted by atomic mass is 9.92. The Bertz CT molecular complexity index is 656. The number of nitrogens with one attached hydrogen (secondary N) is 1. The van der Waals surface area contributed by atoms with Gasteiger partial charge in [-0.3, -0.25) is 0 Å². The molecule has 136 valence electrons. The van der Waals surface area contributed by atoms with Crippen LogP contribution in [0.25, 0.3) is 0 Å². The molecular weight excluding hydrogens is 334 g/mol. The van der Waals surface area contributed by atoms with Crippen LogP contribution in [0.5, 0.6) is 0 Å². The van der Waals surface area contributed by atoms with Gasteiger partial charge in [0.15, 0.2) is 0 Å². The Morgan fingerprint density at radius 1 is 1.25 bits per heavy atom. The normalized spacial score (nSPS) is 26.4. The van der Waals surface area contributed by atoms with E-state index in [1.54, 1.807) is 6.92 Å². The monoisotopic (exact) mass is 359 g/mol. The first-order valence-corrected chi connectivity index (χ1v) is 9.71. The molecule has 0 aromatic carbocycles. The van der Waals surface area contributed by atoms with E-state index >= 15 is 0 Å². The molecule has 1 aromatic rings. The second-order valence-electron chi connectivity index (χ2n) is 6.67. The molecule has 0 spiro atoms. The van der Waals surface area contributed by atoms with E-state index in [4.69, 9.17) is 9.26 Å². The molecule has 2 atom stereocenters. The molecule has 1 aromatic heterocycles. The molecule has 0 aliphatic carbocycles. The maximum absolute atomic E-state index is 12.6. The molecule has 24 heavy (non-hydrogen) atoms. The SMILES string of the molecule is Cc1nc(N2C[C@@H](NS(=O)(=O)N3CCOCC3)[C@H](C(C)C)C2)no1. The minimum atomic E-state index is -3.52. The lowest BCUT2D eigenvalue weighted by molar-refractivity contribution is 0.0722. The van der Waals surface area contributed by atoms with Crippen molar-refractivity contribution in [3.8, 4) is 0 Å². The van der Waals surface area contributed by atoms with Crippen molar-refractivity contribution in [3.63, 3.8) is 0 Å². The van der Waals surface area contributed by atoms with Crippen LogP contribution in [-0.2, 0) is 14.9 Å². The molecule has 0 unspecified atom stereocenters. The fourth-order valence-corrected chi connectivity index (χ4v) is 4.67. The van der Waals surface area contributed by atoms with E-state index in [9.17, 15) is 8.42 Å². The highest BCUT2D eigenvalue weighted by molar-refractivity contribution is 7.87. The summed E-state index contributed by atoms with van der Waals surface area (Å²) in [5.41, 5.74) is 0. The summed E-state index contributed by atoms with van der Waals surface area (Å²) in [5.74, 6) is 1.54. The zero-order chi connectivity index (χ0) is 17.3. The largest absolute Gasteiger partial charge is 0.379 e. The maximum Gasteiger partial charge on any atom is 0.279 e. The first-order valence-electron chi connectivity index (χ1n) is 8.27. The van der Waals surface area contributed by atoms with Crippen LogP contribution in [0.1, 0.15) is 19.7 Å². The molecule has 1 N–H and O–H groups in total. The average molecular weight is 359 g/mol. The van der Waals surface area contributed by atoms with Crippen LogP contribution < -0.4 is 9.62 Å². The van der Waals surface area contributed by atoms with Gasteiger partial charge in [-0.15, -0.1) is 0 Å². The summed E-state index contributed by atoms with van der Waals surface area (Å²) in [4.78, 5) is 6.23. The van der Waals surface area contributed by atoms with Gasteiger partial charge in [0, 0.05) is 39.1 Å². The molecule has 3 rings (SSSR count). The van der Waals surface area contributed by atoms with E-state index in [0.717, 1.165) is 0 Å². The van der Waals surface area contributed by atoms with Gasteiger partial charge < -0.3 is 14.2 Å². The summed E-state index contributed by atoms with van der Waals surface area (Å²) in [6.45, 7) is 8.84. The highest BCUT2D eigenvalue weighted by Gasteiger charge is 2.40. The average Bonchev–Trinajstić information content (AvgIpc) is 3.14. The molecule has 0 saturated carbocycles. The summed E-state index contributed by atoms with van der Waals surface area (Å²) in [6.07, 6.45) is 0.